The van der Waals surface area contributed by atoms with E-state index >= 15 is 0 Å². The number of aromatic nitrogens is 3. The van der Waals surface area contributed by atoms with Gasteiger partial charge in [0.15, 0.2) is 11.6 Å². The molecule has 35 heavy (non-hydrogen) atoms. The molecule has 3 aromatic rings. The first-order valence-corrected chi connectivity index (χ1v) is 11.1. The van der Waals surface area contributed by atoms with E-state index in [1.54, 1.807) is 38.1 Å². The van der Waals surface area contributed by atoms with Gasteiger partial charge in [-0.25, -0.2) is 23.5 Å². The molecular formula is C23H26ClFN4O6. The third-order valence-electron chi connectivity index (χ3n) is 4.99. The SMILES string of the molecule is CC(C)Oc1ccc(/N=c2\[nH]c(=O)n(CC(O)(CO)CO)c(=O)n2Cc2ccc(Cl)cc2)cc1F. The zero-order chi connectivity index (χ0) is 25.8. The van der Waals surface area contributed by atoms with Crippen molar-refractivity contribution in [2.24, 2.45) is 4.99 Å². The standard InChI is InChI=1S/C23H26ClFN4O6/c1-14(2)35-19-8-7-17(9-18(19)25)26-20-27-21(32)29(11-23(34,12-30)13-31)22(33)28(20)10-15-3-5-16(24)6-4-15/h3-9,14,30-31,34H,10-13H2,1-2H3,(H,26,27,32). The molecule has 4 N–H and O–H groups in total. The second kappa shape index (κ2) is 11.0. The van der Waals surface area contributed by atoms with Gasteiger partial charge in [-0.05, 0) is 43.7 Å². The number of aliphatic hydroxyl groups is 3. The molecule has 0 amide bonds. The Morgan fingerprint density at radius 1 is 1.11 bits per heavy atom. The van der Waals surface area contributed by atoms with Gasteiger partial charge in [-0.3, -0.25) is 9.55 Å². The maximum Gasteiger partial charge on any atom is 0.335 e. The maximum atomic E-state index is 14.5. The Balaban J connectivity index is 2.18. The molecule has 0 atom stereocenters. The normalized spacial score (nSPS) is 12.4. The van der Waals surface area contributed by atoms with E-state index in [4.69, 9.17) is 16.3 Å². The van der Waals surface area contributed by atoms with Gasteiger partial charge in [0.25, 0.3) is 0 Å². The third kappa shape index (κ3) is 6.45. The van der Waals surface area contributed by atoms with Crippen LogP contribution in [0.25, 0.3) is 0 Å². The smallest absolute Gasteiger partial charge is 0.335 e. The fourth-order valence-electron chi connectivity index (χ4n) is 3.17. The Labute approximate surface area is 204 Å². The molecule has 3 rings (SSSR count). The minimum absolute atomic E-state index is 0.0317. The van der Waals surface area contributed by atoms with Crippen LogP contribution < -0.4 is 21.7 Å². The molecule has 1 aromatic heterocycles. The second-order valence-electron chi connectivity index (χ2n) is 8.27. The summed E-state index contributed by atoms with van der Waals surface area (Å²) in [5, 5.41) is 29.5. The van der Waals surface area contributed by atoms with E-state index in [1.165, 1.54) is 12.1 Å². The summed E-state index contributed by atoms with van der Waals surface area (Å²) in [6.07, 6.45) is -0.241. The molecule has 0 bridgehead atoms. The topological polar surface area (TPSA) is 142 Å². The summed E-state index contributed by atoms with van der Waals surface area (Å²) in [5.41, 5.74) is -3.36. The van der Waals surface area contributed by atoms with Crippen molar-refractivity contribution < 1.29 is 24.4 Å². The number of ether oxygens (including phenoxy) is 1. The van der Waals surface area contributed by atoms with Crippen molar-refractivity contribution in [3.8, 4) is 5.75 Å². The highest BCUT2D eigenvalue weighted by atomic mass is 35.5. The molecule has 0 aliphatic heterocycles. The number of halogens is 2. The van der Waals surface area contributed by atoms with Crippen molar-refractivity contribution >= 4 is 17.3 Å². The molecule has 0 unspecified atom stereocenters. The molecule has 188 valence electrons. The fraction of sp³-hybridized carbons (Fsp3) is 0.348. The number of rotatable bonds is 9. The van der Waals surface area contributed by atoms with Crippen molar-refractivity contribution in [3.63, 3.8) is 0 Å². The molecule has 0 spiro atoms. The minimum atomic E-state index is -2.11. The van der Waals surface area contributed by atoms with Crippen LogP contribution in [0.2, 0.25) is 5.02 Å². The van der Waals surface area contributed by atoms with Gasteiger partial charge in [0, 0.05) is 11.1 Å². The number of aliphatic hydroxyl groups excluding tert-OH is 2. The summed E-state index contributed by atoms with van der Waals surface area (Å²) >= 11 is 5.93. The van der Waals surface area contributed by atoms with Gasteiger partial charge < -0.3 is 20.1 Å². The second-order valence-corrected chi connectivity index (χ2v) is 8.71. The van der Waals surface area contributed by atoms with Gasteiger partial charge in [-0.2, -0.15) is 0 Å². The molecule has 0 fully saturated rings. The predicted molar refractivity (Wildman–Crippen MR) is 126 cm³/mol. The van der Waals surface area contributed by atoms with Gasteiger partial charge in [0.1, 0.15) is 5.60 Å². The van der Waals surface area contributed by atoms with E-state index in [0.29, 0.717) is 15.2 Å². The van der Waals surface area contributed by atoms with Crippen LogP contribution in [-0.2, 0) is 13.1 Å². The van der Waals surface area contributed by atoms with Crippen LogP contribution in [-0.4, -0.2) is 54.4 Å². The Bertz CT molecular complexity index is 1360. The molecule has 0 aliphatic carbocycles. The predicted octanol–water partition coefficient (Wildman–Crippen LogP) is 0.914. The number of hydrogen-bond donors (Lipinski definition) is 4. The third-order valence-corrected chi connectivity index (χ3v) is 5.24. The van der Waals surface area contributed by atoms with Crippen LogP contribution in [0.4, 0.5) is 10.1 Å². The van der Waals surface area contributed by atoms with Gasteiger partial charge in [0.2, 0.25) is 5.62 Å². The lowest BCUT2D eigenvalue weighted by molar-refractivity contribution is -0.0676. The first-order valence-electron chi connectivity index (χ1n) is 10.7. The Morgan fingerprint density at radius 3 is 2.34 bits per heavy atom. The summed E-state index contributed by atoms with van der Waals surface area (Å²) < 4.78 is 21.6. The maximum absolute atomic E-state index is 14.5. The van der Waals surface area contributed by atoms with Gasteiger partial charge in [-0.1, -0.05) is 23.7 Å². The highest BCUT2D eigenvalue weighted by molar-refractivity contribution is 6.30. The first-order chi connectivity index (χ1) is 16.5. The van der Waals surface area contributed by atoms with Crippen LogP contribution in [0.5, 0.6) is 5.75 Å². The molecule has 2 aromatic carbocycles. The number of hydrogen-bond acceptors (Lipinski definition) is 7. The van der Waals surface area contributed by atoms with Crippen molar-refractivity contribution in [2.45, 2.75) is 38.6 Å². The van der Waals surface area contributed by atoms with Crippen molar-refractivity contribution in [2.75, 3.05) is 13.2 Å². The van der Waals surface area contributed by atoms with E-state index in [0.717, 1.165) is 10.6 Å². The van der Waals surface area contributed by atoms with Crippen LogP contribution >= 0.6 is 11.6 Å². The molecule has 10 nitrogen and oxygen atoms in total. The number of aromatic amines is 1. The van der Waals surface area contributed by atoms with Gasteiger partial charge in [-0.15, -0.1) is 0 Å². The average Bonchev–Trinajstić information content (AvgIpc) is 2.82. The highest BCUT2D eigenvalue weighted by Gasteiger charge is 2.28. The van der Waals surface area contributed by atoms with E-state index < -0.39 is 42.6 Å². The number of H-pyrrole nitrogens is 1. The summed E-state index contributed by atoms with van der Waals surface area (Å²) in [6, 6.07) is 10.5. The van der Waals surface area contributed by atoms with Crippen LogP contribution in [0.3, 0.4) is 0 Å². The fourth-order valence-corrected chi connectivity index (χ4v) is 3.30. The van der Waals surface area contributed by atoms with Crippen LogP contribution in [0, 0.1) is 5.82 Å². The van der Waals surface area contributed by atoms with E-state index in [-0.39, 0.29) is 29.7 Å². The van der Waals surface area contributed by atoms with Gasteiger partial charge in [0.05, 0.1) is 38.1 Å². The summed E-state index contributed by atoms with van der Waals surface area (Å²) in [5.74, 6) is -0.639. The van der Waals surface area contributed by atoms with E-state index in [1.807, 2.05) is 0 Å². The Kier molecular flexibility index (Phi) is 8.28. The highest BCUT2D eigenvalue weighted by Crippen LogP contribution is 2.23. The first kappa shape index (κ1) is 26.4. The number of benzene rings is 2. The zero-order valence-electron chi connectivity index (χ0n) is 19.1. The van der Waals surface area contributed by atoms with E-state index in [9.17, 15) is 29.3 Å². The Morgan fingerprint density at radius 2 is 1.77 bits per heavy atom. The summed E-state index contributed by atoms with van der Waals surface area (Å²) in [4.78, 5) is 32.7. The van der Waals surface area contributed by atoms with Crippen LogP contribution in [0.1, 0.15) is 19.4 Å². The summed E-state index contributed by atoms with van der Waals surface area (Å²) in [7, 11) is 0. The number of nitrogens with one attached hydrogen (secondary N) is 1. The zero-order valence-corrected chi connectivity index (χ0v) is 19.9. The molecule has 0 saturated heterocycles. The Hall–Kier alpha value is -3.25. The lowest BCUT2D eigenvalue weighted by Gasteiger charge is -2.23. The molecular weight excluding hydrogens is 483 g/mol. The quantitative estimate of drug-likeness (QED) is 0.338. The monoisotopic (exact) mass is 508 g/mol. The average molecular weight is 509 g/mol. The molecule has 12 heteroatoms. The molecule has 0 saturated carbocycles. The summed E-state index contributed by atoms with van der Waals surface area (Å²) in [6.45, 7) is 1.01. The largest absolute Gasteiger partial charge is 0.488 e. The lowest BCUT2D eigenvalue weighted by atomic mass is 10.1. The number of nitrogens with zero attached hydrogens (tertiary/aromatic N) is 3. The van der Waals surface area contributed by atoms with E-state index in [2.05, 4.69) is 9.98 Å². The van der Waals surface area contributed by atoms with Crippen molar-refractivity contribution in [1.82, 2.24) is 14.1 Å². The molecule has 1 heterocycles. The lowest BCUT2D eigenvalue weighted by Crippen LogP contribution is -2.55. The van der Waals surface area contributed by atoms with Crippen molar-refractivity contribution in [3.05, 3.63) is 85.5 Å². The van der Waals surface area contributed by atoms with Gasteiger partial charge >= 0.3 is 11.4 Å². The molecule has 0 radical (unpaired) electrons. The van der Waals surface area contributed by atoms with Crippen LogP contribution in [0.15, 0.2) is 57.0 Å². The van der Waals surface area contributed by atoms with Crippen molar-refractivity contribution in [1.29, 1.82) is 0 Å². The minimum Gasteiger partial charge on any atom is -0.488 e. The molecule has 0 aliphatic rings.